The Morgan fingerprint density at radius 3 is 2.67 bits per heavy atom. The van der Waals surface area contributed by atoms with E-state index in [2.05, 4.69) is 9.47 Å². The second-order valence-corrected chi connectivity index (χ2v) is 9.54. The lowest BCUT2D eigenvalue weighted by Crippen LogP contribution is -2.37. The molecule has 0 spiro atoms. The molecule has 4 heterocycles. The quantitative estimate of drug-likeness (QED) is 0.575. The number of anilines is 2. The molecule has 0 radical (unpaired) electrons. The zero-order chi connectivity index (χ0) is 22.9. The van der Waals surface area contributed by atoms with Crippen molar-refractivity contribution in [2.24, 2.45) is 7.05 Å². The number of alkyl halides is 2. The lowest BCUT2D eigenvalue weighted by Gasteiger charge is -2.33. The molecule has 172 valence electrons. The van der Waals surface area contributed by atoms with Gasteiger partial charge in [-0.3, -0.25) is 4.79 Å². The summed E-state index contributed by atoms with van der Waals surface area (Å²) in [5.74, 6) is 2.28. The number of carbonyl (C=O) groups is 1. The van der Waals surface area contributed by atoms with Crippen LogP contribution in [0.15, 0.2) is 30.6 Å². The van der Waals surface area contributed by atoms with Crippen molar-refractivity contribution in [1.82, 2.24) is 19.0 Å². The van der Waals surface area contributed by atoms with Crippen LogP contribution in [0.1, 0.15) is 54.3 Å². The van der Waals surface area contributed by atoms with Gasteiger partial charge < -0.3 is 18.9 Å². The van der Waals surface area contributed by atoms with Gasteiger partial charge in [-0.2, -0.15) is 0 Å². The predicted octanol–water partition coefficient (Wildman–Crippen LogP) is 4.76. The first-order valence-electron chi connectivity index (χ1n) is 11.6. The van der Waals surface area contributed by atoms with E-state index in [1.165, 1.54) is 0 Å². The smallest absolute Gasteiger partial charge is 0.264 e. The van der Waals surface area contributed by atoms with Crippen molar-refractivity contribution in [2.45, 2.75) is 51.1 Å². The van der Waals surface area contributed by atoms with Gasteiger partial charge in [-0.15, -0.1) is 0 Å². The Hall–Kier alpha value is -3.16. The van der Waals surface area contributed by atoms with Crippen LogP contribution in [0.2, 0.25) is 0 Å². The topological polar surface area (TPSA) is 46.3 Å². The molecule has 1 saturated carbocycles. The highest BCUT2D eigenvalue weighted by atomic mass is 19.3. The number of hydrogen-bond acceptors (Lipinski definition) is 3. The lowest BCUT2D eigenvalue weighted by atomic mass is 9.93. The van der Waals surface area contributed by atoms with Gasteiger partial charge in [-0.25, -0.2) is 13.8 Å². The van der Waals surface area contributed by atoms with Gasteiger partial charge in [0.1, 0.15) is 12.4 Å². The molecule has 0 N–H and O–H groups in total. The Kier molecular flexibility index (Phi) is 4.61. The molecule has 0 atom stereocenters. The average molecular weight is 452 g/mol. The SMILES string of the molecule is CN1Cc2c(N3CCCc4cc(-c5ccn(C)c5)c(C(F)F)cc43)nc(C3CC3)n2CC1=O. The molecule has 0 bridgehead atoms. The summed E-state index contributed by atoms with van der Waals surface area (Å²) in [5, 5.41) is 0. The van der Waals surface area contributed by atoms with Crippen LogP contribution < -0.4 is 4.90 Å². The first-order valence-corrected chi connectivity index (χ1v) is 11.6. The van der Waals surface area contributed by atoms with Crippen LogP contribution in [0.5, 0.6) is 0 Å². The maximum atomic E-state index is 14.2. The van der Waals surface area contributed by atoms with Gasteiger partial charge in [0.25, 0.3) is 6.43 Å². The van der Waals surface area contributed by atoms with Gasteiger partial charge in [0.2, 0.25) is 5.91 Å². The van der Waals surface area contributed by atoms with Crippen molar-refractivity contribution in [3.05, 3.63) is 53.2 Å². The number of benzene rings is 1. The predicted molar refractivity (Wildman–Crippen MR) is 122 cm³/mol. The molecule has 1 aromatic carbocycles. The van der Waals surface area contributed by atoms with E-state index in [0.717, 1.165) is 66.4 Å². The fraction of sp³-hybridized carbons (Fsp3) is 0.440. The fourth-order valence-corrected chi connectivity index (χ4v) is 5.23. The Labute approximate surface area is 191 Å². The molecule has 3 aromatic rings. The van der Waals surface area contributed by atoms with Crippen LogP contribution in [0.4, 0.5) is 20.3 Å². The zero-order valence-corrected chi connectivity index (χ0v) is 18.9. The molecule has 0 unspecified atom stereocenters. The number of aryl methyl sites for hydroxylation is 2. The number of hydrogen-bond donors (Lipinski definition) is 0. The molecule has 0 saturated heterocycles. The van der Waals surface area contributed by atoms with E-state index in [4.69, 9.17) is 4.98 Å². The maximum absolute atomic E-state index is 14.2. The molecule has 1 aliphatic carbocycles. The van der Waals surface area contributed by atoms with Crippen LogP contribution in [0.3, 0.4) is 0 Å². The number of amides is 1. The Morgan fingerprint density at radius 2 is 1.97 bits per heavy atom. The molecule has 1 fully saturated rings. The number of aromatic nitrogens is 3. The highest BCUT2D eigenvalue weighted by molar-refractivity contribution is 5.80. The number of rotatable bonds is 4. The minimum absolute atomic E-state index is 0.0506. The molecular weight excluding hydrogens is 424 g/mol. The van der Waals surface area contributed by atoms with Crippen molar-refractivity contribution in [3.8, 4) is 11.1 Å². The highest BCUT2D eigenvalue weighted by Crippen LogP contribution is 2.46. The number of nitrogens with zero attached hydrogens (tertiary/aromatic N) is 5. The van der Waals surface area contributed by atoms with Crippen molar-refractivity contribution in [1.29, 1.82) is 0 Å². The van der Waals surface area contributed by atoms with Crippen LogP contribution in [0, 0.1) is 0 Å². The standard InChI is InChI=1S/C25H27F2N5O/c1-29-9-7-17(12-29)18-10-16-4-3-8-31(20(16)11-19(18)23(26)27)25-21-13-30(2)22(33)14-32(21)24(28-25)15-5-6-15/h7,9-12,15,23H,3-6,8,13-14H2,1-2H3. The summed E-state index contributed by atoms with van der Waals surface area (Å²) < 4.78 is 32.4. The minimum Gasteiger partial charge on any atom is -0.357 e. The molecule has 33 heavy (non-hydrogen) atoms. The largest absolute Gasteiger partial charge is 0.357 e. The number of carbonyl (C=O) groups excluding carboxylic acids is 1. The normalized spacial score (nSPS) is 18.2. The van der Waals surface area contributed by atoms with Gasteiger partial charge in [0.05, 0.1) is 12.2 Å². The Morgan fingerprint density at radius 1 is 1.15 bits per heavy atom. The molecule has 1 amide bonds. The summed E-state index contributed by atoms with van der Waals surface area (Å²) in [6, 6.07) is 5.49. The minimum atomic E-state index is -2.57. The Balaban J connectivity index is 1.49. The molecule has 6 rings (SSSR count). The molecule has 6 nitrogen and oxygen atoms in total. The number of imidazole rings is 1. The monoisotopic (exact) mass is 451 g/mol. The van der Waals surface area contributed by atoms with E-state index in [1.54, 1.807) is 11.0 Å². The lowest BCUT2D eigenvalue weighted by molar-refractivity contribution is -0.132. The molecule has 3 aliphatic rings. The zero-order valence-electron chi connectivity index (χ0n) is 18.9. The molecular formula is C25H27F2N5O. The third-order valence-corrected chi connectivity index (χ3v) is 7.13. The van der Waals surface area contributed by atoms with Crippen molar-refractivity contribution in [2.75, 3.05) is 18.5 Å². The second-order valence-electron chi connectivity index (χ2n) is 9.54. The van der Waals surface area contributed by atoms with Gasteiger partial charge in [0.15, 0.2) is 5.82 Å². The van der Waals surface area contributed by atoms with E-state index < -0.39 is 6.43 Å². The second kappa shape index (κ2) is 7.43. The number of fused-ring (bicyclic) bond motifs is 2. The van der Waals surface area contributed by atoms with Crippen LogP contribution in [-0.4, -0.2) is 38.5 Å². The molecule has 2 aromatic heterocycles. The summed E-state index contributed by atoms with van der Waals surface area (Å²) in [7, 11) is 3.71. The number of halogens is 2. The van der Waals surface area contributed by atoms with Crippen molar-refractivity contribution >= 4 is 17.4 Å². The first-order chi connectivity index (χ1) is 15.9. The van der Waals surface area contributed by atoms with Crippen molar-refractivity contribution < 1.29 is 13.6 Å². The van der Waals surface area contributed by atoms with Crippen LogP contribution in [0.25, 0.3) is 11.1 Å². The van der Waals surface area contributed by atoms with Gasteiger partial charge in [-0.05, 0) is 60.6 Å². The van der Waals surface area contributed by atoms with Gasteiger partial charge in [-0.1, -0.05) is 0 Å². The van der Waals surface area contributed by atoms with E-state index in [-0.39, 0.29) is 11.5 Å². The van der Waals surface area contributed by atoms with E-state index in [1.807, 2.05) is 43.2 Å². The van der Waals surface area contributed by atoms with Gasteiger partial charge >= 0.3 is 0 Å². The average Bonchev–Trinajstić information content (AvgIpc) is 3.45. The summed E-state index contributed by atoms with van der Waals surface area (Å²) in [6.07, 6.45) is 5.14. The first kappa shape index (κ1) is 20.4. The summed E-state index contributed by atoms with van der Waals surface area (Å²) in [5.41, 5.74) is 4.36. The van der Waals surface area contributed by atoms with Gasteiger partial charge in [0, 0.05) is 50.2 Å². The van der Waals surface area contributed by atoms with E-state index >= 15 is 0 Å². The Bertz CT molecular complexity index is 1260. The maximum Gasteiger partial charge on any atom is 0.264 e. The van der Waals surface area contributed by atoms with E-state index in [0.29, 0.717) is 24.6 Å². The summed E-state index contributed by atoms with van der Waals surface area (Å²) in [4.78, 5) is 21.3. The fourth-order valence-electron chi connectivity index (χ4n) is 5.23. The summed E-state index contributed by atoms with van der Waals surface area (Å²) >= 11 is 0. The third-order valence-electron chi connectivity index (χ3n) is 7.13. The summed E-state index contributed by atoms with van der Waals surface area (Å²) in [6.45, 7) is 1.52. The van der Waals surface area contributed by atoms with Crippen LogP contribution >= 0.6 is 0 Å². The molecule has 2 aliphatic heterocycles. The van der Waals surface area contributed by atoms with Crippen molar-refractivity contribution in [3.63, 3.8) is 0 Å². The highest BCUT2D eigenvalue weighted by Gasteiger charge is 2.37. The third kappa shape index (κ3) is 3.34. The molecule has 8 heteroatoms. The van der Waals surface area contributed by atoms with Crippen LogP contribution in [-0.2, 0) is 31.4 Å². The number of likely N-dealkylation sites (N-methyl/N-ethyl adjacent to an activating group) is 1. The van der Waals surface area contributed by atoms with E-state index in [9.17, 15) is 13.6 Å².